The second kappa shape index (κ2) is 7.86. The Morgan fingerprint density at radius 2 is 2.03 bits per heavy atom. The molecular weight excluding hydrogens is 378 g/mol. The summed E-state index contributed by atoms with van der Waals surface area (Å²) in [6.45, 7) is 6.77. The van der Waals surface area contributed by atoms with E-state index in [0.717, 1.165) is 35.0 Å². The van der Waals surface area contributed by atoms with Crippen molar-refractivity contribution in [2.75, 3.05) is 7.11 Å². The molecule has 2 aromatic carbocycles. The van der Waals surface area contributed by atoms with Gasteiger partial charge in [-0.2, -0.15) is 0 Å². The van der Waals surface area contributed by atoms with Gasteiger partial charge in [0.2, 0.25) is 0 Å². The summed E-state index contributed by atoms with van der Waals surface area (Å²) >= 11 is 0. The normalized spacial score (nSPS) is 17.0. The zero-order valence-electron chi connectivity index (χ0n) is 17.8. The number of fused-ring (bicyclic) bond motifs is 1. The third-order valence-electron chi connectivity index (χ3n) is 5.48. The summed E-state index contributed by atoms with van der Waals surface area (Å²) in [4.78, 5) is 17.2. The van der Waals surface area contributed by atoms with Gasteiger partial charge in [0.05, 0.1) is 13.2 Å². The molecule has 1 atom stereocenters. The molecule has 4 rings (SSSR count). The number of aryl methyl sites for hydroxylation is 1. The number of carbonyl (C=O) groups is 1. The fraction of sp³-hybridized carbons (Fsp3) is 0.333. The number of imidazole rings is 1. The van der Waals surface area contributed by atoms with Crippen LogP contribution in [0.25, 0.3) is 0 Å². The molecule has 30 heavy (non-hydrogen) atoms. The third kappa shape index (κ3) is 4.17. The van der Waals surface area contributed by atoms with Gasteiger partial charge >= 0.3 is 0 Å². The molecule has 0 aliphatic carbocycles. The molecule has 0 saturated heterocycles. The summed E-state index contributed by atoms with van der Waals surface area (Å²) in [6, 6.07) is 13.3. The first kappa shape index (κ1) is 20.0. The van der Waals surface area contributed by atoms with E-state index in [-0.39, 0.29) is 17.6 Å². The SMILES string of the molecule is COc1ccc2c(c1)OC(C)(C)C[C@H]2NC(=O)c1ccc(Cn2ccnc2C)cc1. The van der Waals surface area contributed by atoms with E-state index in [2.05, 4.69) is 14.9 Å². The van der Waals surface area contributed by atoms with Crippen LogP contribution < -0.4 is 14.8 Å². The van der Waals surface area contributed by atoms with E-state index in [1.165, 1.54) is 0 Å². The van der Waals surface area contributed by atoms with Crippen molar-refractivity contribution in [1.29, 1.82) is 0 Å². The van der Waals surface area contributed by atoms with Gasteiger partial charge in [-0.3, -0.25) is 4.79 Å². The average Bonchev–Trinajstić information content (AvgIpc) is 3.11. The van der Waals surface area contributed by atoms with Gasteiger partial charge in [0, 0.05) is 42.6 Å². The van der Waals surface area contributed by atoms with Crippen molar-refractivity contribution in [3.8, 4) is 11.5 Å². The number of methoxy groups -OCH3 is 1. The Bertz CT molecular complexity index is 1050. The molecule has 1 aliphatic rings. The molecule has 6 heteroatoms. The summed E-state index contributed by atoms with van der Waals surface area (Å²) in [5.41, 5.74) is 2.34. The van der Waals surface area contributed by atoms with Gasteiger partial charge in [0.25, 0.3) is 5.91 Å². The van der Waals surface area contributed by atoms with Crippen LogP contribution in [0.15, 0.2) is 54.9 Å². The van der Waals surface area contributed by atoms with Crippen molar-refractivity contribution >= 4 is 5.91 Å². The van der Waals surface area contributed by atoms with Crippen molar-refractivity contribution in [3.05, 3.63) is 77.4 Å². The van der Waals surface area contributed by atoms with Crippen molar-refractivity contribution in [2.24, 2.45) is 0 Å². The molecule has 1 aliphatic heterocycles. The van der Waals surface area contributed by atoms with E-state index in [0.29, 0.717) is 12.0 Å². The lowest BCUT2D eigenvalue weighted by molar-refractivity contribution is 0.0617. The molecular formula is C24H27N3O3. The molecule has 3 aromatic rings. The summed E-state index contributed by atoms with van der Waals surface area (Å²) in [5.74, 6) is 2.36. The smallest absolute Gasteiger partial charge is 0.251 e. The van der Waals surface area contributed by atoms with E-state index in [4.69, 9.17) is 9.47 Å². The van der Waals surface area contributed by atoms with E-state index >= 15 is 0 Å². The molecule has 2 heterocycles. The first-order valence-corrected chi connectivity index (χ1v) is 10.1. The van der Waals surface area contributed by atoms with E-state index in [1.54, 1.807) is 13.3 Å². The maximum Gasteiger partial charge on any atom is 0.251 e. The van der Waals surface area contributed by atoms with E-state index in [9.17, 15) is 4.79 Å². The van der Waals surface area contributed by atoms with Crippen molar-refractivity contribution in [3.63, 3.8) is 0 Å². The fourth-order valence-electron chi connectivity index (χ4n) is 3.86. The lowest BCUT2D eigenvalue weighted by Crippen LogP contribution is -2.41. The van der Waals surface area contributed by atoms with Gasteiger partial charge in [0.15, 0.2) is 0 Å². The molecule has 0 saturated carbocycles. The topological polar surface area (TPSA) is 65.4 Å². The van der Waals surface area contributed by atoms with Crippen LogP contribution in [0, 0.1) is 6.92 Å². The largest absolute Gasteiger partial charge is 0.497 e. The van der Waals surface area contributed by atoms with Crippen LogP contribution >= 0.6 is 0 Å². The van der Waals surface area contributed by atoms with Crippen molar-refractivity contribution in [2.45, 2.75) is 45.4 Å². The Kier molecular flexibility index (Phi) is 5.24. The second-order valence-electron chi connectivity index (χ2n) is 8.29. The first-order chi connectivity index (χ1) is 14.3. The number of hydrogen-bond donors (Lipinski definition) is 1. The zero-order chi connectivity index (χ0) is 21.3. The molecule has 6 nitrogen and oxygen atoms in total. The molecule has 1 N–H and O–H groups in total. The average molecular weight is 405 g/mol. The van der Waals surface area contributed by atoms with Crippen molar-refractivity contribution < 1.29 is 14.3 Å². The van der Waals surface area contributed by atoms with Gasteiger partial charge < -0.3 is 19.4 Å². The maximum absolute atomic E-state index is 12.9. The number of nitrogens with zero attached hydrogens (tertiary/aromatic N) is 2. The number of amides is 1. The predicted molar refractivity (Wildman–Crippen MR) is 115 cm³/mol. The van der Waals surface area contributed by atoms with Crippen LogP contribution in [-0.2, 0) is 6.54 Å². The number of rotatable bonds is 5. The minimum absolute atomic E-state index is 0.0928. The van der Waals surface area contributed by atoms with Gasteiger partial charge in [-0.15, -0.1) is 0 Å². The predicted octanol–water partition coefficient (Wildman–Crippen LogP) is 4.28. The monoisotopic (exact) mass is 405 g/mol. The first-order valence-electron chi connectivity index (χ1n) is 10.1. The minimum atomic E-state index is -0.385. The van der Waals surface area contributed by atoms with Crippen molar-refractivity contribution in [1.82, 2.24) is 14.9 Å². The highest BCUT2D eigenvalue weighted by atomic mass is 16.5. The fourth-order valence-corrected chi connectivity index (χ4v) is 3.86. The highest BCUT2D eigenvalue weighted by Gasteiger charge is 2.35. The Balaban J connectivity index is 1.50. The lowest BCUT2D eigenvalue weighted by Gasteiger charge is -2.38. The summed E-state index contributed by atoms with van der Waals surface area (Å²) < 4.78 is 13.5. The third-order valence-corrected chi connectivity index (χ3v) is 5.48. The molecule has 0 fully saturated rings. The van der Waals surface area contributed by atoms with Crippen LogP contribution in [-0.4, -0.2) is 28.2 Å². The highest BCUT2D eigenvalue weighted by molar-refractivity contribution is 5.94. The Hall–Kier alpha value is -3.28. The van der Waals surface area contributed by atoms with Crippen LogP contribution in [0.4, 0.5) is 0 Å². The number of ether oxygens (including phenoxy) is 2. The summed E-state index contributed by atoms with van der Waals surface area (Å²) in [7, 11) is 1.63. The Morgan fingerprint density at radius 1 is 1.27 bits per heavy atom. The molecule has 0 spiro atoms. The van der Waals surface area contributed by atoms with Crippen LogP contribution in [0.5, 0.6) is 11.5 Å². The standard InChI is InChI=1S/C24H27N3O3/c1-16-25-11-12-27(16)15-17-5-7-18(8-6-17)23(28)26-21-14-24(2,3)30-22-13-19(29-4)9-10-20(21)22/h5-13,21H,14-15H2,1-4H3,(H,26,28)/t21-/m1/s1. The quantitative estimate of drug-likeness (QED) is 0.688. The number of nitrogens with one attached hydrogen (secondary N) is 1. The van der Waals surface area contributed by atoms with Gasteiger partial charge in [-0.05, 0) is 50.6 Å². The number of carbonyl (C=O) groups excluding carboxylic acids is 1. The maximum atomic E-state index is 12.9. The Morgan fingerprint density at radius 3 is 2.70 bits per heavy atom. The highest BCUT2D eigenvalue weighted by Crippen LogP contribution is 2.41. The summed E-state index contributed by atoms with van der Waals surface area (Å²) in [6.07, 6.45) is 4.44. The van der Waals surface area contributed by atoms with E-state index in [1.807, 2.05) is 69.4 Å². The number of hydrogen-bond acceptors (Lipinski definition) is 4. The molecule has 0 radical (unpaired) electrons. The van der Waals surface area contributed by atoms with Crippen LogP contribution in [0.2, 0.25) is 0 Å². The molecule has 0 bridgehead atoms. The summed E-state index contributed by atoms with van der Waals surface area (Å²) in [5, 5.41) is 3.18. The van der Waals surface area contributed by atoms with Gasteiger partial charge in [-0.1, -0.05) is 12.1 Å². The van der Waals surface area contributed by atoms with Gasteiger partial charge in [-0.25, -0.2) is 4.98 Å². The van der Waals surface area contributed by atoms with Crippen LogP contribution in [0.3, 0.4) is 0 Å². The molecule has 156 valence electrons. The molecule has 1 amide bonds. The van der Waals surface area contributed by atoms with Gasteiger partial charge in [0.1, 0.15) is 22.9 Å². The number of benzene rings is 2. The van der Waals surface area contributed by atoms with E-state index < -0.39 is 0 Å². The number of aromatic nitrogens is 2. The molecule has 0 unspecified atom stereocenters. The minimum Gasteiger partial charge on any atom is -0.497 e. The molecule has 1 aromatic heterocycles. The second-order valence-corrected chi connectivity index (χ2v) is 8.29. The lowest BCUT2D eigenvalue weighted by atomic mass is 9.89. The Labute approximate surface area is 176 Å². The zero-order valence-corrected chi connectivity index (χ0v) is 17.8. The van der Waals surface area contributed by atoms with Crippen LogP contribution in [0.1, 0.15) is 53.6 Å².